The predicted octanol–water partition coefficient (Wildman–Crippen LogP) is 6.87. The summed E-state index contributed by atoms with van der Waals surface area (Å²) >= 11 is 7.90. The SMILES string of the molecule is CCn1c(=C(C#N)C#N)s/c(=C\c2cc3c(s2)-c2sc4c(c2C32CCCCC2)C2(CCCCC2)c2cc(/C=c3\sc(=C(C#N)C#N)n(CC)c3=O)sc2-4)c1=O. The number of rotatable bonds is 4. The smallest absolute Gasteiger partial charge is 0.269 e. The molecule has 5 aromatic heterocycles. The summed E-state index contributed by atoms with van der Waals surface area (Å²) in [7, 11) is 0. The molecule has 274 valence electrons. The molecule has 13 heteroatoms. The van der Waals surface area contributed by atoms with Crippen LogP contribution in [0.3, 0.4) is 0 Å². The highest BCUT2D eigenvalue weighted by atomic mass is 32.1. The molecular formula is C42H34N6O2S5. The van der Waals surface area contributed by atoms with Crippen molar-refractivity contribution in [3.05, 3.63) is 83.2 Å². The molecule has 8 nitrogen and oxygen atoms in total. The van der Waals surface area contributed by atoms with E-state index in [1.165, 1.54) is 101 Å². The minimum absolute atomic E-state index is 0.0367. The van der Waals surface area contributed by atoms with Gasteiger partial charge in [-0.05, 0) is 86.1 Å². The van der Waals surface area contributed by atoms with E-state index < -0.39 is 0 Å². The van der Waals surface area contributed by atoms with Crippen molar-refractivity contribution in [2.75, 3.05) is 0 Å². The summed E-state index contributed by atoms with van der Waals surface area (Å²) < 4.78 is 4.97. The average Bonchev–Trinajstić information content (AvgIpc) is 4.06. The Morgan fingerprint density at radius 2 is 0.982 bits per heavy atom. The van der Waals surface area contributed by atoms with Crippen LogP contribution in [0.2, 0.25) is 0 Å². The first-order valence-electron chi connectivity index (χ1n) is 18.8. The lowest BCUT2D eigenvalue weighted by molar-refractivity contribution is 0.326. The highest BCUT2D eigenvalue weighted by Gasteiger charge is 2.56. The summed E-state index contributed by atoms with van der Waals surface area (Å²) in [5.41, 5.74) is 5.40. The minimum Gasteiger partial charge on any atom is -0.298 e. The van der Waals surface area contributed by atoms with Crippen LogP contribution in [0, 0.1) is 45.3 Å². The maximum absolute atomic E-state index is 13.5. The maximum atomic E-state index is 13.5. The van der Waals surface area contributed by atoms with Crippen molar-refractivity contribution in [3.8, 4) is 43.8 Å². The molecule has 2 spiro atoms. The molecule has 5 aromatic rings. The second-order valence-corrected chi connectivity index (χ2v) is 20.0. The zero-order chi connectivity index (χ0) is 38.2. The summed E-state index contributed by atoms with van der Waals surface area (Å²) in [6.07, 6.45) is 15.5. The predicted molar refractivity (Wildman–Crippen MR) is 222 cm³/mol. The molecule has 0 amide bonds. The third kappa shape index (κ3) is 5.11. The van der Waals surface area contributed by atoms with E-state index in [4.69, 9.17) is 0 Å². The van der Waals surface area contributed by atoms with Crippen LogP contribution in [0.15, 0.2) is 21.7 Å². The fourth-order valence-electron chi connectivity index (χ4n) is 9.78. The lowest BCUT2D eigenvalue weighted by atomic mass is 9.61. The van der Waals surface area contributed by atoms with Crippen molar-refractivity contribution < 1.29 is 0 Å². The standard InChI is InChI=1S/C42H34N6O2S5/c1-3-47-37(49)29(53-39(47)23(19-43)20-44)17-25-15-27-33(51-25)35-31(41(27)11-7-5-8-12-41)32-36(55-35)34-28(42(32)13-9-6-10-14-42)16-26(52-34)18-30-38(50)48(4-2)40(54-30)24(21-45)22-46/h15-18H,3-14H2,1-2H3/b29-17-,30-18-. The molecule has 5 heterocycles. The number of fused-ring (bicyclic) bond motifs is 11. The van der Waals surface area contributed by atoms with Gasteiger partial charge in [-0.1, -0.05) is 38.5 Å². The van der Waals surface area contributed by atoms with E-state index in [-0.39, 0.29) is 33.1 Å². The summed E-state index contributed by atoms with van der Waals surface area (Å²) in [5.74, 6) is 0. The summed E-state index contributed by atoms with van der Waals surface area (Å²) in [5, 5.41) is 38.3. The molecule has 4 aliphatic carbocycles. The molecule has 9 rings (SSSR count). The number of hydrogen-bond acceptors (Lipinski definition) is 11. The molecule has 2 saturated carbocycles. The van der Waals surface area contributed by atoms with Gasteiger partial charge in [-0.3, -0.25) is 18.7 Å². The molecule has 0 N–H and O–H groups in total. The van der Waals surface area contributed by atoms with Crippen molar-refractivity contribution in [2.45, 2.75) is 102 Å². The van der Waals surface area contributed by atoms with Gasteiger partial charge in [0.15, 0.2) is 11.1 Å². The summed E-state index contributed by atoms with van der Waals surface area (Å²) in [6.45, 7) is 4.49. The van der Waals surface area contributed by atoms with E-state index in [0.29, 0.717) is 31.5 Å². The Kier molecular flexibility index (Phi) is 8.89. The summed E-state index contributed by atoms with van der Waals surface area (Å²) in [4.78, 5) is 34.5. The largest absolute Gasteiger partial charge is 0.298 e. The van der Waals surface area contributed by atoms with Crippen LogP contribution in [-0.4, -0.2) is 9.13 Å². The lowest BCUT2D eigenvalue weighted by Gasteiger charge is -2.41. The Hall–Kier alpha value is -4.60. The number of hydrogen-bond donors (Lipinski definition) is 0. The van der Waals surface area contributed by atoms with Gasteiger partial charge >= 0.3 is 0 Å². The van der Waals surface area contributed by atoms with Crippen molar-refractivity contribution in [1.29, 1.82) is 21.0 Å². The van der Waals surface area contributed by atoms with Gasteiger partial charge in [-0.2, -0.15) is 21.0 Å². The molecule has 4 aliphatic rings. The van der Waals surface area contributed by atoms with E-state index in [0.717, 1.165) is 35.4 Å². The molecule has 55 heavy (non-hydrogen) atoms. The first-order valence-corrected chi connectivity index (χ1v) is 22.8. The van der Waals surface area contributed by atoms with Crippen LogP contribution in [0.25, 0.3) is 42.8 Å². The van der Waals surface area contributed by atoms with Gasteiger partial charge in [0.1, 0.15) is 33.6 Å². The third-order valence-corrected chi connectivity index (χ3v) is 18.0. The molecule has 0 bridgehead atoms. The number of aromatic nitrogens is 2. The van der Waals surface area contributed by atoms with E-state index in [2.05, 4.69) is 12.1 Å². The Morgan fingerprint density at radius 3 is 1.33 bits per heavy atom. The molecule has 0 aliphatic heterocycles. The van der Waals surface area contributed by atoms with Crippen LogP contribution >= 0.6 is 56.7 Å². The Morgan fingerprint density at radius 1 is 0.600 bits per heavy atom. The maximum Gasteiger partial charge on any atom is 0.269 e. The monoisotopic (exact) mass is 814 g/mol. The second-order valence-electron chi connectivity index (χ2n) is 14.7. The van der Waals surface area contributed by atoms with Gasteiger partial charge in [-0.15, -0.1) is 56.7 Å². The highest BCUT2D eigenvalue weighted by Crippen LogP contribution is 2.70. The molecular weight excluding hydrogens is 781 g/mol. The first-order chi connectivity index (χ1) is 26.8. The number of thiazole rings is 2. The number of nitriles is 4. The van der Waals surface area contributed by atoms with Gasteiger partial charge < -0.3 is 0 Å². The van der Waals surface area contributed by atoms with Crippen LogP contribution in [0.5, 0.6) is 0 Å². The zero-order valence-electron chi connectivity index (χ0n) is 30.3. The van der Waals surface area contributed by atoms with Gasteiger partial charge in [-0.25, -0.2) is 0 Å². The van der Waals surface area contributed by atoms with Crippen LogP contribution < -0.4 is 29.5 Å². The van der Waals surface area contributed by atoms with Crippen LogP contribution in [0.1, 0.15) is 110 Å². The topological polar surface area (TPSA) is 139 Å². The number of thiophene rings is 3. The van der Waals surface area contributed by atoms with Crippen molar-refractivity contribution in [1.82, 2.24) is 9.13 Å². The second kappa shape index (κ2) is 13.6. The fraction of sp³-hybridized carbons (Fsp3) is 0.381. The van der Waals surface area contributed by atoms with Gasteiger partial charge in [0, 0.05) is 53.2 Å². The quantitative estimate of drug-likeness (QED) is 0.194. The molecule has 0 saturated heterocycles. The van der Waals surface area contributed by atoms with Gasteiger partial charge in [0.2, 0.25) is 0 Å². The first kappa shape index (κ1) is 36.1. The van der Waals surface area contributed by atoms with E-state index in [9.17, 15) is 30.6 Å². The van der Waals surface area contributed by atoms with Crippen molar-refractivity contribution in [3.63, 3.8) is 0 Å². The van der Waals surface area contributed by atoms with Crippen LogP contribution in [-0.2, 0) is 23.9 Å². The van der Waals surface area contributed by atoms with Crippen molar-refractivity contribution >= 4 is 80.0 Å². The molecule has 0 radical (unpaired) electrons. The molecule has 0 aromatic carbocycles. The van der Waals surface area contributed by atoms with Gasteiger partial charge in [0.25, 0.3) is 11.1 Å². The Bertz CT molecular complexity index is 2790. The van der Waals surface area contributed by atoms with E-state index in [1.807, 2.05) is 61.6 Å². The van der Waals surface area contributed by atoms with E-state index in [1.54, 1.807) is 33.8 Å². The minimum atomic E-state index is -0.166. The van der Waals surface area contributed by atoms with E-state index >= 15 is 0 Å². The molecule has 0 atom stereocenters. The fourth-order valence-corrected chi connectivity index (χ4v) is 16.3. The molecule has 2 fully saturated rings. The Balaban J connectivity index is 1.24. The van der Waals surface area contributed by atoms with Gasteiger partial charge in [0.05, 0.1) is 9.06 Å². The van der Waals surface area contributed by atoms with Crippen LogP contribution in [0.4, 0.5) is 0 Å². The normalized spacial score (nSPS) is 17.6. The highest BCUT2D eigenvalue weighted by molar-refractivity contribution is 7.27. The number of nitrogens with zero attached hydrogens (tertiary/aromatic N) is 6. The zero-order valence-corrected chi connectivity index (χ0v) is 34.4. The third-order valence-electron chi connectivity index (χ3n) is 12.1. The Labute approximate surface area is 337 Å². The van der Waals surface area contributed by atoms with Crippen molar-refractivity contribution in [2.24, 2.45) is 0 Å². The average molecular weight is 815 g/mol. The summed E-state index contributed by atoms with van der Waals surface area (Å²) in [6, 6.07) is 12.5. The molecule has 0 unspecified atom stereocenters. The lowest BCUT2D eigenvalue weighted by Crippen LogP contribution is -2.34.